The Labute approximate surface area is 62.4 Å². The van der Waals surface area contributed by atoms with Crippen molar-refractivity contribution in [2.45, 2.75) is 6.92 Å². The van der Waals surface area contributed by atoms with E-state index in [1.807, 2.05) is 4.90 Å². The number of rotatable bonds is 4. The van der Waals surface area contributed by atoms with E-state index in [9.17, 15) is 0 Å². The molecule has 0 bridgehead atoms. The van der Waals surface area contributed by atoms with Gasteiger partial charge in [-0.25, -0.2) is 0 Å². The first-order valence-corrected chi connectivity index (χ1v) is 3.24. The monoisotopic (exact) mass is 138 g/mol. The van der Waals surface area contributed by atoms with Crippen LogP contribution in [0.1, 0.15) is 6.92 Å². The van der Waals surface area contributed by atoms with Crippen LogP contribution < -0.4 is 0 Å². The third-order valence-electron chi connectivity index (χ3n) is 1.17. The summed E-state index contributed by atoms with van der Waals surface area (Å²) in [7, 11) is 0. The first kappa shape index (κ1) is 8.95. The average molecular weight is 138 g/mol. The maximum atomic E-state index is 7.29. The van der Waals surface area contributed by atoms with Crippen molar-refractivity contribution in [3.05, 3.63) is 25.3 Å². The number of amidine groups is 1. The Morgan fingerprint density at radius 2 is 1.80 bits per heavy atom. The summed E-state index contributed by atoms with van der Waals surface area (Å²) >= 11 is 0. The van der Waals surface area contributed by atoms with Gasteiger partial charge in [-0.1, -0.05) is 12.2 Å². The topological polar surface area (TPSA) is 27.1 Å². The van der Waals surface area contributed by atoms with E-state index >= 15 is 0 Å². The van der Waals surface area contributed by atoms with E-state index in [4.69, 9.17) is 5.41 Å². The van der Waals surface area contributed by atoms with Gasteiger partial charge in [-0.2, -0.15) is 0 Å². The summed E-state index contributed by atoms with van der Waals surface area (Å²) < 4.78 is 0. The highest BCUT2D eigenvalue weighted by Gasteiger charge is 1.97. The average Bonchev–Trinajstić information content (AvgIpc) is 1.87. The molecule has 0 aliphatic rings. The number of hydrogen-bond acceptors (Lipinski definition) is 1. The largest absolute Gasteiger partial charge is 0.353 e. The highest BCUT2D eigenvalue weighted by atomic mass is 15.1. The van der Waals surface area contributed by atoms with E-state index in [0.717, 1.165) is 13.1 Å². The summed E-state index contributed by atoms with van der Waals surface area (Å²) in [5.41, 5.74) is 0. The molecule has 0 radical (unpaired) electrons. The molecule has 0 saturated heterocycles. The molecule has 1 N–H and O–H groups in total. The zero-order valence-corrected chi connectivity index (χ0v) is 6.43. The predicted molar refractivity (Wildman–Crippen MR) is 45.4 cm³/mol. The van der Waals surface area contributed by atoms with E-state index in [1.54, 1.807) is 19.1 Å². The minimum Gasteiger partial charge on any atom is -0.353 e. The van der Waals surface area contributed by atoms with Crippen LogP contribution in [0.25, 0.3) is 0 Å². The zero-order chi connectivity index (χ0) is 7.98. The summed E-state index contributed by atoms with van der Waals surface area (Å²) in [6.45, 7) is 10.4. The summed E-state index contributed by atoms with van der Waals surface area (Å²) in [4.78, 5) is 1.88. The summed E-state index contributed by atoms with van der Waals surface area (Å²) in [5, 5.41) is 7.29. The molecule has 0 aromatic heterocycles. The Morgan fingerprint density at radius 3 is 2.00 bits per heavy atom. The van der Waals surface area contributed by atoms with Gasteiger partial charge in [0.2, 0.25) is 0 Å². The van der Waals surface area contributed by atoms with Gasteiger partial charge in [-0.3, -0.25) is 5.41 Å². The van der Waals surface area contributed by atoms with Gasteiger partial charge in [-0.05, 0) is 6.92 Å². The van der Waals surface area contributed by atoms with Gasteiger partial charge in [0.25, 0.3) is 0 Å². The molecule has 0 spiro atoms. The molecular weight excluding hydrogens is 124 g/mol. The molecule has 0 heterocycles. The summed E-state index contributed by atoms with van der Waals surface area (Å²) in [6.07, 6.45) is 3.56. The first-order chi connectivity index (χ1) is 4.72. The van der Waals surface area contributed by atoms with Crippen LogP contribution in [0.5, 0.6) is 0 Å². The van der Waals surface area contributed by atoms with Crippen molar-refractivity contribution in [2.75, 3.05) is 13.1 Å². The molecular formula is C8H14N2. The smallest absolute Gasteiger partial charge is 0.0931 e. The van der Waals surface area contributed by atoms with Crippen LogP contribution in [0, 0.1) is 5.41 Å². The standard InChI is InChI=1S/C8H14N2/c1-4-6-10(7-5-2)8(3)9/h4-5,9H,1-2,6-7H2,3H3. The van der Waals surface area contributed by atoms with Crippen molar-refractivity contribution >= 4 is 5.84 Å². The zero-order valence-electron chi connectivity index (χ0n) is 6.43. The van der Waals surface area contributed by atoms with Gasteiger partial charge in [0.1, 0.15) is 0 Å². The fraction of sp³-hybridized carbons (Fsp3) is 0.375. The van der Waals surface area contributed by atoms with E-state index < -0.39 is 0 Å². The SMILES string of the molecule is C=CCN(CC=C)C(C)=N. The van der Waals surface area contributed by atoms with Crippen LogP contribution in [0.4, 0.5) is 0 Å². The van der Waals surface area contributed by atoms with Crippen LogP contribution in [0.3, 0.4) is 0 Å². The lowest BCUT2D eigenvalue weighted by Gasteiger charge is -2.18. The predicted octanol–water partition coefficient (Wildman–Crippen LogP) is 1.66. The fourth-order valence-electron chi connectivity index (χ4n) is 0.660. The first-order valence-electron chi connectivity index (χ1n) is 3.24. The highest BCUT2D eigenvalue weighted by molar-refractivity contribution is 5.76. The Hall–Kier alpha value is -1.05. The molecule has 56 valence electrons. The van der Waals surface area contributed by atoms with Crippen molar-refractivity contribution in [2.24, 2.45) is 0 Å². The molecule has 0 saturated carbocycles. The van der Waals surface area contributed by atoms with Gasteiger partial charge in [-0.15, -0.1) is 13.2 Å². The Balaban J connectivity index is 3.83. The molecule has 0 aliphatic carbocycles. The summed E-state index contributed by atoms with van der Waals surface area (Å²) in [6, 6.07) is 0. The van der Waals surface area contributed by atoms with E-state index in [0.29, 0.717) is 5.84 Å². The van der Waals surface area contributed by atoms with Gasteiger partial charge in [0.15, 0.2) is 0 Å². The molecule has 0 aromatic carbocycles. The molecule has 0 rings (SSSR count). The number of hydrogen-bond donors (Lipinski definition) is 1. The molecule has 0 amide bonds. The minimum absolute atomic E-state index is 0.555. The Kier molecular flexibility index (Phi) is 4.29. The molecule has 0 fully saturated rings. The van der Waals surface area contributed by atoms with E-state index in [2.05, 4.69) is 13.2 Å². The van der Waals surface area contributed by atoms with Crippen LogP contribution in [-0.2, 0) is 0 Å². The van der Waals surface area contributed by atoms with Crippen LogP contribution in [0.15, 0.2) is 25.3 Å². The molecule has 0 aliphatic heterocycles. The second-order valence-electron chi connectivity index (χ2n) is 2.07. The lowest BCUT2D eigenvalue weighted by molar-refractivity contribution is 0.507. The number of nitrogens with one attached hydrogen (secondary N) is 1. The normalized spacial score (nSPS) is 8.50. The maximum absolute atomic E-state index is 7.29. The van der Waals surface area contributed by atoms with E-state index in [1.165, 1.54) is 0 Å². The van der Waals surface area contributed by atoms with Crippen LogP contribution in [-0.4, -0.2) is 23.8 Å². The highest BCUT2D eigenvalue weighted by Crippen LogP contribution is 1.89. The van der Waals surface area contributed by atoms with Crippen molar-refractivity contribution < 1.29 is 0 Å². The summed E-state index contributed by atoms with van der Waals surface area (Å²) in [5.74, 6) is 0.555. The number of nitrogens with zero attached hydrogens (tertiary/aromatic N) is 1. The van der Waals surface area contributed by atoms with Crippen LogP contribution in [0.2, 0.25) is 0 Å². The van der Waals surface area contributed by atoms with Crippen molar-refractivity contribution in [1.29, 1.82) is 5.41 Å². The maximum Gasteiger partial charge on any atom is 0.0931 e. The van der Waals surface area contributed by atoms with Crippen molar-refractivity contribution in [1.82, 2.24) is 4.90 Å². The van der Waals surface area contributed by atoms with Gasteiger partial charge < -0.3 is 4.90 Å². The lowest BCUT2D eigenvalue weighted by atomic mass is 10.4. The lowest BCUT2D eigenvalue weighted by Crippen LogP contribution is -2.28. The Morgan fingerprint density at radius 1 is 1.40 bits per heavy atom. The minimum atomic E-state index is 0.555. The second-order valence-corrected chi connectivity index (χ2v) is 2.07. The van der Waals surface area contributed by atoms with E-state index in [-0.39, 0.29) is 0 Å². The quantitative estimate of drug-likeness (QED) is 0.357. The van der Waals surface area contributed by atoms with Crippen LogP contribution >= 0.6 is 0 Å². The molecule has 2 nitrogen and oxygen atoms in total. The van der Waals surface area contributed by atoms with Crippen molar-refractivity contribution in [3.8, 4) is 0 Å². The molecule has 2 heteroatoms. The van der Waals surface area contributed by atoms with Gasteiger partial charge >= 0.3 is 0 Å². The van der Waals surface area contributed by atoms with Gasteiger partial charge in [0, 0.05) is 13.1 Å². The third-order valence-corrected chi connectivity index (χ3v) is 1.17. The molecule has 10 heavy (non-hydrogen) atoms. The third kappa shape index (κ3) is 3.07. The second kappa shape index (κ2) is 4.79. The molecule has 0 aromatic rings. The Bertz CT molecular complexity index is 128. The fourth-order valence-corrected chi connectivity index (χ4v) is 0.660. The van der Waals surface area contributed by atoms with Gasteiger partial charge in [0.05, 0.1) is 5.84 Å². The van der Waals surface area contributed by atoms with Crippen molar-refractivity contribution in [3.63, 3.8) is 0 Å². The molecule has 0 atom stereocenters. The molecule has 0 unspecified atom stereocenters.